The third-order valence-electron chi connectivity index (χ3n) is 2.11. The molecule has 0 aliphatic rings. The Balaban J connectivity index is 2.38. The Hall–Kier alpha value is -1.63. The first kappa shape index (κ1) is 16.4. The summed E-state index contributed by atoms with van der Waals surface area (Å²) < 4.78 is 5.14. The molecule has 110 valence electrons. The number of nitrogens with one attached hydrogen (secondary N) is 1. The Morgan fingerprint density at radius 1 is 1.30 bits per heavy atom. The number of rotatable bonds is 5. The van der Waals surface area contributed by atoms with Gasteiger partial charge in [-0.15, -0.1) is 0 Å². The van der Waals surface area contributed by atoms with Crippen molar-refractivity contribution in [2.24, 2.45) is 0 Å². The fraction of sp³-hybridized carbons (Fsp3) is 0.538. The lowest BCUT2D eigenvalue weighted by atomic mass is 10.2. The highest BCUT2D eigenvalue weighted by Gasteiger charge is 2.16. The summed E-state index contributed by atoms with van der Waals surface area (Å²) in [6.45, 7) is 5.62. The van der Waals surface area contributed by atoms with E-state index in [4.69, 9.17) is 4.74 Å². The molecule has 1 aromatic heterocycles. The van der Waals surface area contributed by atoms with Crippen LogP contribution in [0.4, 0.5) is 0 Å². The van der Waals surface area contributed by atoms with Gasteiger partial charge in [0.1, 0.15) is 5.60 Å². The predicted molar refractivity (Wildman–Crippen MR) is 76.6 cm³/mol. The largest absolute Gasteiger partial charge is 0.460 e. The zero-order chi connectivity index (χ0) is 15.2. The maximum Gasteiger partial charge on any atom is 0.308 e. The minimum absolute atomic E-state index is 0.132. The fourth-order valence-corrected chi connectivity index (χ4v) is 1.63. The molecule has 0 spiro atoms. The number of carbonyl (C=O) groups is 2. The summed E-state index contributed by atoms with van der Waals surface area (Å²) in [4.78, 5) is 31.2. The Morgan fingerprint density at radius 2 is 1.90 bits per heavy atom. The van der Waals surface area contributed by atoms with E-state index >= 15 is 0 Å². The van der Waals surface area contributed by atoms with Gasteiger partial charge >= 0.3 is 5.97 Å². The van der Waals surface area contributed by atoms with Gasteiger partial charge in [-0.2, -0.15) is 0 Å². The number of carbonyl (C=O) groups excluding carboxylic acids is 2. The maximum atomic E-state index is 11.8. The summed E-state index contributed by atoms with van der Waals surface area (Å²) in [5, 5.41) is 3.23. The van der Waals surface area contributed by atoms with E-state index in [-0.39, 0.29) is 24.8 Å². The van der Waals surface area contributed by atoms with Crippen molar-refractivity contribution < 1.29 is 14.3 Å². The van der Waals surface area contributed by atoms with E-state index < -0.39 is 5.60 Å². The minimum atomic E-state index is -0.511. The molecule has 0 atom stereocenters. The number of thioether (sulfide) groups is 1. The first-order valence-electron chi connectivity index (χ1n) is 6.18. The van der Waals surface area contributed by atoms with E-state index in [9.17, 15) is 9.59 Å². The first-order valence-corrected chi connectivity index (χ1v) is 7.40. The summed E-state index contributed by atoms with van der Waals surface area (Å²) in [7, 11) is 0. The molecule has 0 radical (unpaired) electrons. The van der Waals surface area contributed by atoms with Crippen LogP contribution in [0, 0.1) is 0 Å². The Labute approximate surface area is 122 Å². The van der Waals surface area contributed by atoms with Crippen LogP contribution in [0.3, 0.4) is 0 Å². The average molecular weight is 297 g/mol. The second-order valence-electron chi connectivity index (χ2n) is 5.05. The monoisotopic (exact) mass is 297 g/mol. The second kappa shape index (κ2) is 7.23. The SMILES string of the molecule is CSc1ncc(C(=O)NCCC(=O)OC(C)(C)C)cn1. The van der Waals surface area contributed by atoms with Crippen LogP contribution in [0.2, 0.25) is 0 Å². The third-order valence-corrected chi connectivity index (χ3v) is 2.68. The minimum Gasteiger partial charge on any atom is -0.460 e. The highest BCUT2D eigenvalue weighted by molar-refractivity contribution is 7.98. The van der Waals surface area contributed by atoms with E-state index in [0.29, 0.717) is 10.7 Å². The van der Waals surface area contributed by atoms with Crippen LogP contribution < -0.4 is 5.32 Å². The molecule has 0 bridgehead atoms. The van der Waals surface area contributed by atoms with E-state index in [1.807, 2.05) is 6.26 Å². The number of esters is 1. The molecule has 1 N–H and O–H groups in total. The van der Waals surface area contributed by atoms with Gasteiger partial charge in [0.15, 0.2) is 5.16 Å². The topological polar surface area (TPSA) is 81.2 Å². The van der Waals surface area contributed by atoms with E-state index in [1.54, 1.807) is 20.8 Å². The molecule has 0 fully saturated rings. The molecule has 1 heterocycles. The van der Waals surface area contributed by atoms with E-state index in [1.165, 1.54) is 24.2 Å². The van der Waals surface area contributed by atoms with Gasteiger partial charge in [-0.1, -0.05) is 11.8 Å². The lowest BCUT2D eigenvalue weighted by Gasteiger charge is -2.19. The smallest absolute Gasteiger partial charge is 0.308 e. The number of hydrogen-bond donors (Lipinski definition) is 1. The Morgan fingerprint density at radius 3 is 2.40 bits per heavy atom. The van der Waals surface area contributed by atoms with Gasteiger partial charge in [0.25, 0.3) is 5.91 Å². The van der Waals surface area contributed by atoms with Crippen molar-refractivity contribution >= 4 is 23.6 Å². The molecular formula is C13H19N3O3S. The highest BCUT2D eigenvalue weighted by Crippen LogP contribution is 2.08. The van der Waals surface area contributed by atoms with Crippen LogP contribution >= 0.6 is 11.8 Å². The molecule has 0 aliphatic heterocycles. The van der Waals surface area contributed by atoms with E-state index in [0.717, 1.165) is 0 Å². The average Bonchev–Trinajstić information content (AvgIpc) is 2.36. The Kier molecular flexibility index (Phi) is 5.94. The molecule has 0 unspecified atom stereocenters. The molecular weight excluding hydrogens is 278 g/mol. The summed E-state index contributed by atoms with van der Waals surface area (Å²) in [6, 6.07) is 0. The summed E-state index contributed by atoms with van der Waals surface area (Å²) >= 11 is 1.40. The number of nitrogens with zero attached hydrogens (tertiary/aromatic N) is 2. The maximum absolute atomic E-state index is 11.8. The first-order chi connectivity index (χ1) is 9.31. The standard InChI is InChI=1S/C13H19N3O3S/c1-13(2,3)19-10(17)5-6-14-11(18)9-7-15-12(20-4)16-8-9/h7-8H,5-6H2,1-4H3,(H,14,18). The van der Waals surface area contributed by atoms with Crippen LogP contribution in [0.25, 0.3) is 0 Å². The molecule has 6 nitrogen and oxygen atoms in total. The molecule has 20 heavy (non-hydrogen) atoms. The molecule has 1 rings (SSSR count). The molecule has 7 heteroatoms. The predicted octanol–water partition coefficient (Wildman–Crippen LogP) is 1.66. The van der Waals surface area contributed by atoms with Gasteiger partial charge < -0.3 is 10.1 Å². The van der Waals surface area contributed by atoms with E-state index in [2.05, 4.69) is 15.3 Å². The van der Waals surface area contributed by atoms with Crippen LogP contribution in [-0.4, -0.2) is 40.2 Å². The van der Waals surface area contributed by atoms with Gasteiger partial charge in [-0.05, 0) is 27.0 Å². The number of amides is 1. The normalized spacial score (nSPS) is 11.0. The van der Waals surface area contributed by atoms with Crippen LogP contribution in [0.5, 0.6) is 0 Å². The number of ether oxygens (including phenoxy) is 1. The van der Waals surface area contributed by atoms with Crippen molar-refractivity contribution in [1.29, 1.82) is 0 Å². The van der Waals surface area contributed by atoms with Crippen LogP contribution in [0.15, 0.2) is 17.6 Å². The molecule has 0 saturated carbocycles. The zero-order valence-electron chi connectivity index (χ0n) is 12.1. The number of aromatic nitrogens is 2. The lowest BCUT2D eigenvalue weighted by Crippen LogP contribution is -2.29. The molecule has 0 aliphatic carbocycles. The summed E-state index contributed by atoms with van der Waals surface area (Å²) in [5.41, 5.74) is -0.144. The van der Waals surface area contributed by atoms with Crippen molar-refractivity contribution in [1.82, 2.24) is 15.3 Å². The lowest BCUT2D eigenvalue weighted by molar-refractivity contribution is -0.154. The molecule has 0 aromatic carbocycles. The Bertz CT molecular complexity index is 469. The summed E-state index contributed by atoms with van der Waals surface area (Å²) in [6.07, 6.45) is 4.91. The highest BCUT2D eigenvalue weighted by atomic mass is 32.2. The van der Waals surface area contributed by atoms with Crippen molar-refractivity contribution in [3.05, 3.63) is 18.0 Å². The second-order valence-corrected chi connectivity index (χ2v) is 5.82. The van der Waals surface area contributed by atoms with Crippen molar-refractivity contribution in [2.75, 3.05) is 12.8 Å². The van der Waals surface area contributed by atoms with Gasteiger partial charge in [0.2, 0.25) is 0 Å². The van der Waals surface area contributed by atoms with Gasteiger partial charge in [-0.3, -0.25) is 9.59 Å². The quantitative estimate of drug-likeness (QED) is 0.506. The fourth-order valence-electron chi connectivity index (χ4n) is 1.31. The van der Waals surface area contributed by atoms with Crippen molar-refractivity contribution in [3.8, 4) is 0 Å². The molecule has 0 saturated heterocycles. The van der Waals surface area contributed by atoms with Crippen molar-refractivity contribution in [2.45, 2.75) is 37.9 Å². The zero-order valence-corrected chi connectivity index (χ0v) is 12.9. The van der Waals surface area contributed by atoms with Gasteiger partial charge in [0.05, 0.1) is 12.0 Å². The molecule has 1 amide bonds. The van der Waals surface area contributed by atoms with Crippen molar-refractivity contribution in [3.63, 3.8) is 0 Å². The summed E-state index contributed by atoms with van der Waals surface area (Å²) in [5.74, 6) is -0.645. The van der Waals surface area contributed by atoms with Crippen LogP contribution in [-0.2, 0) is 9.53 Å². The van der Waals surface area contributed by atoms with Crippen LogP contribution in [0.1, 0.15) is 37.6 Å². The van der Waals surface area contributed by atoms with Gasteiger partial charge in [-0.25, -0.2) is 9.97 Å². The number of hydrogen-bond acceptors (Lipinski definition) is 6. The third kappa shape index (κ3) is 6.01. The van der Waals surface area contributed by atoms with Gasteiger partial charge in [0, 0.05) is 18.9 Å². The molecule has 1 aromatic rings.